The van der Waals surface area contributed by atoms with Crippen LogP contribution in [-0.4, -0.2) is 28.2 Å². The number of hydrogen-bond acceptors (Lipinski definition) is 3. The topological polar surface area (TPSA) is 75.6 Å². The number of carboxylic acid groups (broad SMARTS) is 1. The van der Waals surface area contributed by atoms with Crippen molar-refractivity contribution >= 4 is 28.1 Å². The zero-order valence-corrected chi connectivity index (χ0v) is 18.3. The molecule has 0 radical (unpaired) electrons. The molecule has 0 spiro atoms. The summed E-state index contributed by atoms with van der Waals surface area (Å²) in [7, 11) is 0. The van der Waals surface area contributed by atoms with Gasteiger partial charge in [-0.3, -0.25) is 0 Å². The normalized spacial score (nSPS) is 12.8. The Balaban J connectivity index is 5.06. The van der Waals surface area contributed by atoms with E-state index in [2.05, 4.69) is 15.9 Å². The molecule has 2 N–H and O–H groups in total. The highest BCUT2D eigenvalue weighted by Gasteiger charge is 2.53. The maximum absolute atomic E-state index is 12.1. The van der Waals surface area contributed by atoms with Crippen LogP contribution in [0.3, 0.4) is 0 Å². The van der Waals surface area contributed by atoms with Crippen molar-refractivity contribution in [2.24, 2.45) is 10.8 Å². The molecule has 0 aliphatic rings. The van der Waals surface area contributed by atoms with Crippen molar-refractivity contribution in [3.8, 4) is 0 Å². The second-order valence-electron chi connectivity index (χ2n) is 8.71. The van der Waals surface area contributed by atoms with Gasteiger partial charge in [0.2, 0.25) is 0 Å². The Hall–Kier alpha value is -0.780. The molecule has 6 heteroatoms. The third-order valence-electron chi connectivity index (χ3n) is 4.81. The Bertz CT molecular complexity index is 410. The van der Waals surface area contributed by atoms with Crippen LogP contribution in [-0.2, 0) is 4.74 Å². The monoisotopic (exact) mass is 421 g/mol. The van der Waals surface area contributed by atoms with Crippen LogP contribution in [0.4, 0.5) is 9.59 Å². The molecule has 0 saturated carbocycles. The van der Waals surface area contributed by atoms with Crippen molar-refractivity contribution in [3.05, 3.63) is 0 Å². The molecular formula is C19H36BrNO4. The minimum atomic E-state index is -1.39. The van der Waals surface area contributed by atoms with Crippen LogP contribution in [0.25, 0.3) is 0 Å². The summed E-state index contributed by atoms with van der Waals surface area (Å²) in [6, 6.07) is 0. The number of halogens is 1. The molecule has 0 bridgehead atoms. The fraction of sp³-hybridized carbons (Fsp3) is 0.895. The van der Waals surface area contributed by atoms with Gasteiger partial charge in [-0.1, -0.05) is 83.2 Å². The molecule has 0 unspecified atom stereocenters. The van der Waals surface area contributed by atoms with Crippen molar-refractivity contribution in [1.29, 1.82) is 0 Å². The maximum Gasteiger partial charge on any atom is 0.417 e. The second-order valence-corrected chi connectivity index (χ2v) is 9.50. The number of ether oxygens (including phenoxy) is 1. The number of alkyl halides is 1. The van der Waals surface area contributed by atoms with E-state index in [4.69, 9.17) is 9.84 Å². The van der Waals surface area contributed by atoms with E-state index in [0.717, 1.165) is 18.2 Å². The molecule has 0 aromatic heterocycles. The van der Waals surface area contributed by atoms with Gasteiger partial charge in [0.05, 0.1) is 0 Å². The van der Waals surface area contributed by atoms with Gasteiger partial charge in [-0.25, -0.2) is 14.9 Å². The number of nitrogens with one attached hydrogen (secondary N) is 1. The summed E-state index contributed by atoms with van der Waals surface area (Å²) in [5, 5.41) is 11.7. The van der Waals surface area contributed by atoms with E-state index in [1.165, 1.54) is 25.7 Å². The van der Waals surface area contributed by atoms with E-state index in [9.17, 15) is 9.59 Å². The van der Waals surface area contributed by atoms with E-state index >= 15 is 0 Å². The van der Waals surface area contributed by atoms with Crippen LogP contribution >= 0.6 is 15.9 Å². The summed E-state index contributed by atoms with van der Waals surface area (Å²) in [4.78, 5) is 22.8. The summed E-state index contributed by atoms with van der Waals surface area (Å²) in [6.07, 6.45) is 5.26. The van der Waals surface area contributed by atoms with E-state index in [0.29, 0.717) is 6.42 Å². The largest absolute Gasteiger partial charge is 0.465 e. The first-order valence-corrected chi connectivity index (χ1v) is 10.3. The molecule has 0 aromatic carbocycles. The third-order valence-corrected chi connectivity index (χ3v) is 5.37. The quantitative estimate of drug-likeness (QED) is 0.335. The molecule has 2 amide bonds. The number of imide groups is 1. The molecule has 148 valence electrons. The lowest BCUT2D eigenvalue weighted by atomic mass is 9.60. The van der Waals surface area contributed by atoms with Crippen LogP contribution in [0.5, 0.6) is 0 Å². The van der Waals surface area contributed by atoms with Crippen molar-refractivity contribution in [3.63, 3.8) is 0 Å². The van der Waals surface area contributed by atoms with Gasteiger partial charge in [-0.2, -0.15) is 0 Å². The number of carbonyl (C=O) groups excluding carboxylic acids is 1. The number of amides is 2. The molecule has 0 heterocycles. The predicted molar refractivity (Wildman–Crippen MR) is 105 cm³/mol. The molecule has 0 atom stereocenters. The van der Waals surface area contributed by atoms with Gasteiger partial charge in [-0.15, -0.1) is 0 Å². The molecular weight excluding hydrogens is 386 g/mol. The summed E-state index contributed by atoms with van der Waals surface area (Å²) < 4.78 is 5.79. The first-order chi connectivity index (χ1) is 11.4. The zero-order chi connectivity index (χ0) is 19.7. The maximum atomic E-state index is 12.1. The molecule has 5 nitrogen and oxygen atoms in total. The minimum absolute atomic E-state index is 0.322. The summed E-state index contributed by atoms with van der Waals surface area (Å²) in [5.41, 5.74) is -1.40. The minimum Gasteiger partial charge on any atom is -0.465 e. The van der Waals surface area contributed by atoms with Gasteiger partial charge in [0.1, 0.15) is 5.60 Å². The lowest BCUT2D eigenvalue weighted by Gasteiger charge is -2.52. The van der Waals surface area contributed by atoms with Crippen molar-refractivity contribution in [2.75, 3.05) is 5.33 Å². The average Bonchev–Trinajstić information content (AvgIpc) is 2.41. The molecule has 0 aliphatic carbocycles. The molecule has 0 rings (SSSR count). The molecule has 0 fully saturated rings. The summed E-state index contributed by atoms with van der Waals surface area (Å²) in [6.45, 7) is 12.3. The van der Waals surface area contributed by atoms with Crippen LogP contribution in [0.1, 0.15) is 86.5 Å². The lowest BCUT2D eigenvalue weighted by molar-refractivity contribution is -0.145. The number of rotatable bonds is 9. The summed E-state index contributed by atoms with van der Waals surface area (Å²) in [5.74, 6) is 0. The summed E-state index contributed by atoms with van der Waals surface area (Å²) >= 11 is 3.45. The second kappa shape index (κ2) is 10.4. The Morgan fingerprint density at radius 2 is 1.32 bits per heavy atom. The van der Waals surface area contributed by atoms with Crippen molar-refractivity contribution in [1.82, 2.24) is 5.32 Å². The Labute approximate surface area is 161 Å². The highest BCUT2D eigenvalue weighted by Crippen LogP contribution is 2.50. The number of hydrogen-bond donors (Lipinski definition) is 2. The van der Waals surface area contributed by atoms with Gasteiger partial charge in [0.15, 0.2) is 0 Å². The Morgan fingerprint density at radius 1 is 0.880 bits per heavy atom. The molecule has 25 heavy (non-hydrogen) atoms. The SMILES string of the molecule is CC(C)(C)C(CCCCCCCCBr)(OC(=O)NC(=O)O)C(C)(C)C. The first-order valence-electron chi connectivity index (χ1n) is 9.16. The van der Waals surface area contributed by atoms with E-state index < -0.39 is 17.8 Å². The van der Waals surface area contributed by atoms with Crippen LogP contribution < -0.4 is 5.32 Å². The van der Waals surface area contributed by atoms with Crippen LogP contribution in [0, 0.1) is 10.8 Å². The zero-order valence-electron chi connectivity index (χ0n) is 16.7. The lowest BCUT2D eigenvalue weighted by Crippen LogP contribution is -2.57. The standard InChI is InChI=1S/C19H36BrNO4/c1-17(2,3)19(18(4,5)6,25-16(24)21-15(22)23)13-11-9-7-8-10-12-14-20/h7-14H2,1-6H3,(H,21,24)(H,22,23). The molecule has 0 aromatic rings. The van der Waals surface area contributed by atoms with Crippen LogP contribution in [0.2, 0.25) is 0 Å². The van der Waals surface area contributed by atoms with Gasteiger partial charge in [0, 0.05) is 16.2 Å². The number of carbonyl (C=O) groups is 2. The van der Waals surface area contributed by atoms with E-state index in [-0.39, 0.29) is 10.8 Å². The fourth-order valence-electron chi connectivity index (χ4n) is 3.68. The van der Waals surface area contributed by atoms with Gasteiger partial charge >= 0.3 is 12.2 Å². The molecule has 0 aliphatic heterocycles. The third kappa shape index (κ3) is 7.97. The van der Waals surface area contributed by atoms with Gasteiger partial charge in [-0.05, 0) is 19.3 Å². The predicted octanol–water partition coefficient (Wildman–Crippen LogP) is 6.35. The highest BCUT2D eigenvalue weighted by molar-refractivity contribution is 9.09. The first kappa shape index (κ1) is 24.2. The van der Waals surface area contributed by atoms with Crippen LogP contribution in [0.15, 0.2) is 0 Å². The Morgan fingerprint density at radius 3 is 1.72 bits per heavy atom. The average molecular weight is 422 g/mol. The van der Waals surface area contributed by atoms with Gasteiger partial charge in [0.25, 0.3) is 0 Å². The van der Waals surface area contributed by atoms with Gasteiger partial charge < -0.3 is 9.84 Å². The number of unbranched alkanes of at least 4 members (excludes halogenated alkanes) is 5. The Kier molecular flexibility index (Phi) is 10.1. The van der Waals surface area contributed by atoms with Crippen molar-refractivity contribution in [2.45, 2.75) is 92.1 Å². The highest BCUT2D eigenvalue weighted by atomic mass is 79.9. The van der Waals surface area contributed by atoms with E-state index in [1.807, 2.05) is 46.9 Å². The van der Waals surface area contributed by atoms with E-state index in [1.54, 1.807) is 0 Å². The fourth-order valence-corrected chi connectivity index (χ4v) is 4.08. The smallest absolute Gasteiger partial charge is 0.417 e. The van der Waals surface area contributed by atoms with Crippen molar-refractivity contribution < 1.29 is 19.4 Å². The number of alkyl carbamates (subject to hydrolysis) is 1. The molecule has 0 saturated heterocycles.